The Morgan fingerprint density at radius 3 is 3.13 bits per heavy atom. The Kier molecular flexibility index (Phi) is 2.77. The van der Waals surface area contributed by atoms with Crippen LogP contribution in [0.1, 0.15) is 12.8 Å². The van der Waals surface area contributed by atoms with Crippen molar-refractivity contribution in [2.24, 2.45) is 0 Å². The van der Waals surface area contributed by atoms with E-state index >= 15 is 0 Å². The van der Waals surface area contributed by atoms with Gasteiger partial charge >= 0.3 is 5.97 Å². The Labute approximate surface area is 92.5 Å². The van der Waals surface area contributed by atoms with Crippen LogP contribution in [0.5, 0.6) is 0 Å². The quantitative estimate of drug-likeness (QED) is 0.782. The lowest BCUT2D eigenvalue weighted by Crippen LogP contribution is -2.36. The summed E-state index contributed by atoms with van der Waals surface area (Å²) in [6.45, 7) is 0.725. The van der Waals surface area contributed by atoms with E-state index in [1.165, 1.54) is 0 Å². The van der Waals surface area contributed by atoms with E-state index in [0.717, 1.165) is 13.0 Å². The van der Waals surface area contributed by atoms with Gasteiger partial charge in [0, 0.05) is 12.7 Å². The maximum Gasteiger partial charge on any atom is 0.326 e. The first kappa shape index (κ1) is 10.2. The van der Waals surface area contributed by atoms with Gasteiger partial charge in [-0.3, -0.25) is 0 Å². The Balaban J connectivity index is 2.30. The molecule has 0 amide bonds. The summed E-state index contributed by atoms with van der Waals surface area (Å²) in [5, 5.41) is 9.40. The smallest absolute Gasteiger partial charge is 0.326 e. The zero-order chi connectivity index (χ0) is 10.8. The van der Waals surface area contributed by atoms with E-state index in [4.69, 9.17) is 16.7 Å². The van der Waals surface area contributed by atoms with Gasteiger partial charge in [-0.1, -0.05) is 11.6 Å². The van der Waals surface area contributed by atoms with Crippen molar-refractivity contribution in [3.8, 4) is 0 Å². The molecule has 1 aromatic rings. The van der Waals surface area contributed by atoms with Crippen molar-refractivity contribution in [1.82, 2.24) is 4.98 Å². The molecule has 0 radical (unpaired) electrons. The highest BCUT2D eigenvalue weighted by Crippen LogP contribution is 2.30. The Bertz CT molecular complexity index is 383. The van der Waals surface area contributed by atoms with Crippen molar-refractivity contribution >= 4 is 23.3 Å². The topological polar surface area (TPSA) is 53.4 Å². The summed E-state index contributed by atoms with van der Waals surface area (Å²) in [5.74, 6) is -0.799. The standard InChI is InChI=1S/C10H11ClN2O2/c11-9-7(3-1-5-12-9)13-6-2-4-8(13)10(14)15/h1,3,5,8H,2,4,6H2,(H,14,15). The highest BCUT2D eigenvalue weighted by Gasteiger charge is 2.31. The van der Waals surface area contributed by atoms with Crippen LogP contribution in [0.4, 0.5) is 5.69 Å². The van der Waals surface area contributed by atoms with Crippen molar-refractivity contribution in [2.75, 3.05) is 11.4 Å². The second kappa shape index (κ2) is 4.06. The largest absolute Gasteiger partial charge is 0.480 e. The van der Waals surface area contributed by atoms with Crippen LogP contribution in [-0.4, -0.2) is 28.6 Å². The lowest BCUT2D eigenvalue weighted by molar-refractivity contribution is -0.138. The van der Waals surface area contributed by atoms with Gasteiger partial charge in [-0.15, -0.1) is 0 Å². The number of nitrogens with zero attached hydrogens (tertiary/aromatic N) is 2. The minimum atomic E-state index is -0.799. The maximum atomic E-state index is 11.0. The number of rotatable bonds is 2. The summed E-state index contributed by atoms with van der Waals surface area (Å²) in [6.07, 6.45) is 3.14. The molecule has 0 aliphatic carbocycles. The second-order valence-electron chi connectivity index (χ2n) is 3.50. The van der Waals surface area contributed by atoms with Crippen molar-refractivity contribution in [3.05, 3.63) is 23.5 Å². The molecule has 1 N–H and O–H groups in total. The zero-order valence-corrected chi connectivity index (χ0v) is 8.81. The monoisotopic (exact) mass is 226 g/mol. The van der Waals surface area contributed by atoms with Crippen molar-refractivity contribution in [2.45, 2.75) is 18.9 Å². The maximum absolute atomic E-state index is 11.0. The Morgan fingerprint density at radius 1 is 1.67 bits per heavy atom. The van der Waals surface area contributed by atoms with Gasteiger partial charge < -0.3 is 10.0 Å². The van der Waals surface area contributed by atoms with E-state index in [9.17, 15) is 4.79 Å². The summed E-state index contributed by atoms with van der Waals surface area (Å²) in [5.41, 5.74) is 0.712. The van der Waals surface area contributed by atoms with Crippen LogP contribution in [0.3, 0.4) is 0 Å². The summed E-state index contributed by atoms with van der Waals surface area (Å²) < 4.78 is 0. The van der Waals surface area contributed by atoms with Crippen LogP contribution in [0, 0.1) is 0 Å². The van der Waals surface area contributed by atoms with Gasteiger partial charge in [0.2, 0.25) is 0 Å². The van der Waals surface area contributed by atoms with E-state index in [1.54, 1.807) is 23.2 Å². The summed E-state index contributed by atoms with van der Waals surface area (Å²) in [6, 6.07) is 3.10. The van der Waals surface area contributed by atoms with E-state index in [1.807, 2.05) is 0 Å². The molecule has 2 rings (SSSR count). The van der Waals surface area contributed by atoms with Crippen LogP contribution in [0.15, 0.2) is 18.3 Å². The lowest BCUT2D eigenvalue weighted by atomic mass is 10.2. The zero-order valence-electron chi connectivity index (χ0n) is 8.06. The number of carboxylic acid groups (broad SMARTS) is 1. The van der Waals surface area contributed by atoms with E-state index in [0.29, 0.717) is 17.3 Å². The second-order valence-corrected chi connectivity index (χ2v) is 3.86. The van der Waals surface area contributed by atoms with Crippen LogP contribution in [-0.2, 0) is 4.79 Å². The SMILES string of the molecule is O=C(O)C1CCCN1c1cccnc1Cl. The molecule has 0 spiro atoms. The Morgan fingerprint density at radius 2 is 2.47 bits per heavy atom. The molecule has 15 heavy (non-hydrogen) atoms. The normalized spacial score (nSPS) is 20.6. The minimum Gasteiger partial charge on any atom is -0.480 e. The third-order valence-corrected chi connectivity index (χ3v) is 2.88. The highest BCUT2D eigenvalue weighted by atomic mass is 35.5. The molecule has 5 heteroatoms. The van der Waals surface area contributed by atoms with Gasteiger partial charge in [-0.05, 0) is 25.0 Å². The van der Waals surface area contributed by atoms with E-state index < -0.39 is 12.0 Å². The number of halogens is 1. The number of hydrogen-bond donors (Lipinski definition) is 1. The molecule has 0 aromatic carbocycles. The summed E-state index contributed by atoms with van der Waals surface area (Å²) >= 11 is 5.93. The van der Waals surface area contributed by atoms with Crippen LogP contribution in [0.25, 0.3) is 0 Å². The van der Waals surface area contributed by atoms with Gasteiger partial charge in [0.25, 0.3) is 0 Å². The molecule has 1 saturated heterocycles. The number of carbonyl (C=O) groups is 1. The number of aliphatic carboxylic acids is 1. The fourth-order valence-electron chi connectivity index (χ4n) is 1.90. The first-order valence-electron chi connectivity index (χ1n) is 4.80. The molecule has 1 aliphatic rings. The third kappa shape index (κ3) is 1.90. The Hall–Kier alpha value is -1.29. The van der Waals surface area contributed by atoms with Crippen LogP contribution < -0.4 is 4.90 Å². The molecule has 1 aliphatic heterocycles. The molecule has 1 atom stereocenters. The predicted molar refractivity (Wildman–Crippen MR) is 57.3 cm³/mol. The lowest BCUT2D eigenvalue weighted by Gasteiger charge is -2.23. The molecular weight excluding hydrogens is 216 g/mol. The first-order chi connectivity index (χ1) is 7.20. The average molecular weight is 227 g/mol. The van der Waals surface area contributed by atoms with E-state index in [2.05, 4.69) is 4.98 Å². The fourth-order valence-corrected chi connectivity index (χ4v) is 2.13. The average Bonchev–Trinajstić information content (AvgIpc) is 2.67. The fraction of sp³-hybridized carbons (Fsp3) is 0.400. The minimum absolute atomic E-state index is 0.366. The molecular formula is C10H11ClN2O2. The molecule has 0 bridgehead atoms. The van der Waals surface area contributed by atoms with E-state index in [-0.39, 0.29) is 0 Å². The van der Waals surface area contributed by atoms with Gasteiger partial charge in [-0.2, -0.15) is 0 Å². The molecule has 1 fully saturated rings. The van der Waals surface area contributed by atoms with Crippen LogP contribution >= 0.6 is 11.6 Å². The molecule has 4 nitrogen and oxygen atoms in total. The van der Waals surface area contributed by atoms with Gasteiger partial charge in [-0.25, -0.2) is 9.78 Å². The van der Waals surface area contributed by atoms with Crippen molar-refractivity contribution < 1.29 is 9.90 Å². The molecule has 1 unspecified atom stereocenters. The number of pyridine rings is 1. The van der Waals surface area contributed by atoms with Crippen molar-refractivity contribution in [3.63, 3.8) is 0 Å². The van der Waals surface area contributed by atoms with Crippen LogP contribution in [0.2, 0.25) is 5.15 Å². The third-order valence-electron chi connectivity index (χ3n) is 2.59. The molecule has 2 heterocycles. The van der Waals surface area contributed by atoms with Gasteiger partial charge in [0.05, 0.1) is 5.69 Å². The number of anilines is 1. The molecule has 1 aromatic heterocycles. The van der Waals surface area contributed by atoms with Gasteiger partial charge in [0.15, 0.2) is 5.15 Å². The molecule has 80 valence electrons. The number of carboxylic acids is 1. The first-order valence-corrected chi connectivity index (χ1v) is 5.18. The predicted octanol–water partition coefficient (Wildman–Crippen LogP) is 1.79. The van der Waals surface area contributed by atoms with Gasteiger partial charge in [0.1, 0.15) is 6.04 Å². The summed E-state index contributed by atoms with van der Waals surface area (Å²) in [7, 11) is 0. The number of hydrogen-bond acceptors (Lipinski definition) is 3. The number of aromatic nitrogens is 1. The van der Waals surface area contributed by atoms with Crippen molar-refractivity contribution in [1.29, 1.82) is 0 Å². The highest BCUT2D eigenvalue weighted by molar-refractivity contribution is 6.32. The molecule has 0 saturated carbocycles. The summed E-state index contributed by atoms with van der Waals surface area (Å²) in [4.78, 5) is 16.7.